The lowest BCUT2D eigenvalue weighted by Crippen LogP contribution is -2.27. The van der Waals surface area contributed by atoms with Gasteiger partial charge in [0, 0.05) is 10.6 Å². The number of benzene rings is 3. The molecule has 9 heteroatoms. The fourth-order valence-electron chi connectivity index (χ4n) is 3.16. The Balaban J connectivity index is 1.56. The van der Waals surface area contributed by atoms with Crippen molar-refractivity contribution in [3.05, 3.63) is 97.3 Å². The van der Waals surface area contributed by atoms with Crippen LogP contribution in [0.2, 0.25) is 15.1 Å². The number of nitriles is 1. The second-order valence-electron chi connectivity index (χ2n) is 6.87. The molecule has 1 aliphatic heterocycles. The van der Waals surface area contributed by atoms with E-state index < -0.39 is 11.1 Å². The lowest BCUT2D eigenvalue weighted by Gasteiger charge is -2.13. The first-order valence-electron chi connectivity index (χ1n) is 9.50. The van der Waals surface area contributed by atoms with Gasteiger partial charge >= 0.3 is 0 Å². The highest BCUT2D eigenvalue weighted by Crippen LogP contribution is 2.39. The zero-order chi connectivity index (χ0) is 23.5. The number of amides is 2. The Hall–Kier alpha value is -2.95. The lowest BCUT2D eigenvalue weighted by atomic mass is 10.1. The van der Waals surface area contributed by atoms with Crippen molar-refractivity contribution < 1.29 is 14.3 Å². The van der Waals surface area contributed by atoms with Crippen LogP contribution in [0.5, 0.6) is 5.75 Å². The first kappa shape index (κ1) is 23.2. The molecule has 0 spiro atoms. The van der Waals surface area contributed by atoms with Gasteiger partial charge in [-0.1, -0.05) is 59.1 Å². The van der Waals surface area contributed by atoms with Crippen LogP contribution >= 0.6 is 46.6 Å². The van der Waals surface area contributed by atoms with Gasteiger partial charge < -0.3 is 4.74 Å². The van der Waals surface area contributed by atoms with Crippen LogP contribution in [0.15, 0.2) is 65.6 Å². The van der Waals surface area contributed by atoms with E-state index in [0.717, 1.165) is 16.7 Å². The van der Waals surface area contributed by atoms with Gasteiger partial charge in [0.1, 0.15) is 6.61 Å². The fourth-order valence-corrected chi connectivity index (χ4v) is 4.80. The highest BCUT2D eigenvalue weighted by Gasteiger charge is 2.36. The van der Waals surface area contributed by atoms with E-state index >= 15 is 0 Å². The number of carbonyl (C=O) groups excluding carboxylic acids is 2. The van der Waals surface area contributed by atoms with Crippen molar-refractivity contribution in [2.24, 2.45) is 0 Å². The number of halogens is 3. The summed E-state index contributed by atoms with van der Waals surface area (Å²) in [5.74, 6) is -0.205. The molecule has 0 unspecified atom stereocenters. The Kier molecular flexibility index (Phi) is 6.96. The Morgan fingerprint density at radius 1 is 1.00 bits per heavy atom. The number of carbonyl (C=O) groups is 2. The average molecular weight is 516 g/mol. The molecular formula is C24H13Cl3N2O3S. The molecular weight excluding hydrogens is 503 g/mol. The smallest absolute Gasteiger partial charge is 0.298 e. The van der Waals surface area contributed by atoms with Crippen LogP contribution < -0.4 is 9.64 Å². The second-order valence-corrected chi connectivity index (χ2v) is 9.11. The number of rotatable bonds is 5. The van der Waals surface area contributed by atoms with Crippen molar-refractivity contribution in [3.63, 3.8) is 0 Å². The van der Waals surface area contributed by atoms with Crippen molar-refractivity contribution in [2.75, 3.05) is 4.90 Å². The van der Waals surface area contributed by atoms with Gasteiger partial charge in [-0.05, 0) is 59.8 Å². The van der Waals surface area contributed by atoms with E-state index in [0.29, 0.717) is 27.4 Å². The number of hydrogen-bond donors (Lipinski definition) is 0. The van der Waals surface area contributed by atoms with Gasteiger partial charge in [0.25, 0.3) is 11.1 Å². The molecule has 2 amide bonds. The van der Waals surface area contributed by atoms with E-state index in [9.17, 15) is 14.9 Å². The topological polar surface area (TPSA) is 70.4 Å². The average Bonchev–Trinajstić information content (AvgIpc) is 3.06. The van der Waals surface area contributed by atoms with Crippen LogP contribution in [-0.4, -0.2) is 11.1 Å². The van der Waals surface area contributed by atoms with Gasteiger partial charge in [-0.15, -0.1) is 0 Å². The van der Waals surface area contributed by atoms with Crippen LogP contribution in [0.25, 0.3) is 6.08 Å². The Morgan fingerprint density at radius 3 is 2.42 bits per heavy atom. The molecule has 0 radical (unpaired) electrons. The van der Waals surface area contributed by atoms with Crippen molar-refractivity contribution in [1.82, 2.24) is 0 Å². The van der Waals surface area contributed by atoms with E-state index in [1.165, 1.54) is 0 Å². The summed E-state index contributed by atoms with van der Waals surface area (Å²) in [5, 5.41) is 9.67. The molecule has 0 aromatic heterocycles. The summed E-state index contributed by atoms with van der Waals surface area (Å²) in [6, 6.07) is 18.8. The van der Waals surface area contributed by atoms with Gasteiger partial charge in [0.05, 0.1) is 32.3 Å². The van der Waals surface area contributed by atoms with Crippen LogP contribution in [-0.2, 0) is 11.4 Å². The molecule has 0 atom stereocenters. The highest BCUT2D eigenvalue weighted by molar-refractivity contribution is 8.19. The standard InChI is InChI=1S/C24H13Cl3N2O3S/c25-17-6-3-7-18(11-17)29-23(30)21(33-24(29)31)10-14-8-19(26)22(20(27)9-14)32-13-16-5-2-1-4-15(16)12-28/h1-11H,13H2/b21-10+. The predicted molar refractivity (Wildman–Crippen MR) is 132 cm³/mol. The number of nitrogens with zero attached hydrogens (tertiary/aromatic N) is 2. The highest BCUT2D eigenvalue weighted by atomic mass is 35.5. The fraction of sp³-hybridized carbons (Fsp3) is 0.0417. The third kappa shape index (κ3) is 5.02. The van der Waals surface area contributed by atoms with E-state index in [1.54, 1.807) is 60.7 Å². The lowest BCUT2D eigenvalue weighted by molar-refractivity contribution is -0.113. The third-order valence-corrected chi connectivity index (χ3v) is 6.35. The van der Waals surface area contributed by atoms with Gasteiger partial charge in [-0.25, -0.2) is 4.90 Å². The molecule has 5 nitrogen and oxygen atoms in total. The maximum atomic E-state index is 12.8. The predicted octanol–water partition coefficient (Wildman–Crippen LogP) is 7.34. The van der Waals surface area contributed by atoms with Gasteiger partial charge in [0.15, 0.2) is 5.75 Å². The largest absolute Gasteiger partial charge is 0.486 e. The SMILES string of the molecule is N#Cc1ccccc1COc1c(Cl)cc(/C=C2/SC(=O)N(c3cccc(Cl)c3)C2=O)cc1Cl. The molecule has 3 aromatic carbocycles. The van der Waals surface area contributed by atoms with E-state index in [2.05, 4.69) is 6.07 Å². The normalized spacial score (nSPS) is 14.6. The Morgan fingerprint density at radius 2 is 1.73 bits per heavy atom. The summed E-state index contributed by atoms with van der Waals surface area (Å²) >= 11 is 19.6. The summed E-state index contributed by atoms with van der Waals surface area (Å²) in [6.07, 6.45) is 1.54. The van der Waals surface area contributed by atoms with E-state index in [-0.39, 0.29) is 27.3 Å². The zero-order valence-corrected chi connectivity index (χ0v) is 19.8. The van der Waals surface area contributed by atoms with E-state index in [1.807, 2.05) is 6.07 Å². The molecule has 0 bridgehead atoms. The summed E-state index contributed by atoms with van der Waals surface area (Å²) in [4.78, 5) is 26.6. The van der Waals surface area contributed by atoms with Crippen molar-refractivity contribution in [1.29, 1.82) is 5.26 Å². The monoisotopic (exact) mass is 514 g/mol. The van der Waals surface area contributed by atoms with Crippen molar-refractivity contribution in [3.8, 4) is 11.8 Å². The molecule has 1 saturated heterocycles. The molecule has 1 aliphatic rings. The molecule has 33 heavy (non-hydrogen) atoms. The number of thioether (sulfide) groups is 1. The van der Waals surface area contributed by atoms with Crippen LogP contribution in [0.4, 0.5) is 10.5 Å². The quantitative estimate of drug-likeness (QED) is 0.332. The molecule has 1 fully saturated rings. The van der Waals surface area contributed by atoms with Crippen molar-refractivity contribution in [2.45, 2.75) is 6.61 Å². The first-order chi connectivity index (χ1) is 15.9. The minimum Gasteiger partial charge on any atom is -0.486 e. The van der Waals surface area contributed by atoms with Gasteiger partial charge in [0.2, 0.25) is 0 Å². The maximum absolute atomic E-state index is 12.8. The van der Waals surface area contributed by atoms with Crippen LogP contribution in [0.1, 0.15) is 16.7 Å². The number of ether oxygens (including phenoxy) is 1. The Bertz CT molecular complexity index is 1330. The van der Waals surface area contributed by atoms with Crippen LogP contribution in [0.3, 0.4) is 0 Å². The van der Waals surface area contributed by atoms with Gasteiger partial charge in [-0.3, -0.25) is 9.59 Å². The maximum Gasteiger partial charge on any atom is 0.298 e. The second kappa shape index (κ2) is 9.90. The Labute approximate surface area is 209 Å². The minimum atomic E-state index is -0.465. The summed E-state index contributed by atoms with van der Waals surface area (Å²) < 4.78 is 5.76. The molecule has 0 aliphatic carbocycles. The molecule has 0 saturated carbocycles. The van der Waals surface area contributed by atoms with Crippen molar-refractivity contribution >= 4 is 69.5 Å². The number of hydrogen-bond acceptors (Lipinski definition) is 5. The molecule has 0 N–H and O–H groups in total. The summed E-state index contributed by atoms with van der Waals surface area (Å²) in [5.41, 5.74) is 2.12. The molecule has 3 aromatic rings. The summed E-state index contributed by atoms with van der Waals surface area (Å²) in [7, 11) is 0. The molecule has 1 heterocycles. The summed E-state index contributed by atoms with van der Waals surface area (Å²) in [6.45, 7) is 0.112. The third-order valence-electron chi connectivity index (χ3n) is 4.69. The first-order valence-corrected chi connectivity index (χ1v) is 11.5. The molecule has 164 valence electrons. The van der Waals surface area contributed by atoms with Crippen LogP contribution in [0, 0.1) is 11.3 Å². The van der Waals surface area contributed by atoms with Gasteiger partial charge in [-0.2, -0.15) is 5.26 Å². The zero-order valence-electron chi connectivity index (χ0n) is 16.7. The number of imide groups is 1. The molecule has 4 rings (SSSR count). The minimum absolute atomic E-state index is 0.112. The number of anilines is 1. The van der Waals surface area contributed by atoms with E-state index in [4.69, 9.17) is 39.5 Å².